The molecule has 1 aliphatic rings. The normalized spacial score (nSPS) is 15.3. The van der Waals surface area contributed by atoms with E-state index in [1.807, 2.05) is 66.7 Å². The van der Waals surface area contributed by atoms with Gasteiger partial charge in [-0.25, -0.2) is 9.78 Å². The van der Waals surface area contributed by atoms with Crippen LogP contribution in [-0.2, 0) is 14.3 Å². The van der Waals surface area contributed by atoms with Crippen molar-refractivity contribution in [1.29, 1.82) is 0 Å². The maximum atomic E-state index is 13.2. The molecule has 1 aliphatic carbocycles. The zero-order chi connectivity index (χ0) is 33.3. The Hall–Kier alpha value is -4.86. The average Bonchev–Trinajstić information content (AvgIpc) is 3.84. The lowest BCUT2D eigenvalue weighted by molar-refractivity contribution is -0.128. The fourth-order valence-corrected chi connectivity index (χ4v) is 4.73. The van der Waals surface area contributed by atoms with E-state index in [2.05, 4.69) is 28.5 Å². The Balaban J connectivity index is 0.00000107. The summed E-state index contributed by atoms with van der Waals surface area (Å²) in [6, 6.07) is 16.5. The molecular formula is C36H46N4O6. The monoisotopic (exact) mass is 630 g/mol. The molecule has 3 atom stereocenters. The van der Waals surface area contributed by atoms with Crippen molar-refractivity contribution in [2.75, 3.05) is 33.9 Å². The highest BCUT2D eigenvalue weighted by molar-refractivity contribution is 5.89. The molecule has 2 aromatic carbocycles. The van der Waals surface area contributed by atoms with E-state index in [-0.39, 0.29) is 30.5 Å². The van der Waals surface area contributed by atoms with Crippen LogP contribution in [0.15, 0.2) is 79.9 Å². The number of unbranched alkanes of at least 4 members (excludes halogenated alkanes) is 2. The fourth-order valence-electron chi connectivity index (χ4n) is 4.73. The molecule has 2 unspecified atom stereocenters. The first-order valence-corrected chi connectivity index (χ1v) is 15.6. The maximum Gasteiger partial charge on any atom is 0.317 e. The van der Waals surface area contributed by atoms with Gasteiger partial charge in [-0.2, -0.15) is 0 Å². The minimum atomic E-state index is -0.744. The first-order chi connectivity index (χ1) is 22.3. The number of amides is 3. The lowest BCUT2D eigenvalue weighted by Gasteiger charge is -2.23. The number of ether oxygens (including phenoxy) is 3. The molecule has 0 aliphatic heterocycles. The molecule has 0 radical (unpaired) electrons. The second-order valence-electron chi connectivity index (χ2n) is 10.9. The van der Waals surface area contributed by atoms with Gasteiger partial charge in [-0.3, -0.25) is 9.59 Å². The van der Waals surface area contributed by atoms with E-state index in [1.54, 1.807) is 26.0 Å². The minimum Gasteiger partial charge on any atom is -0.497 e. The highest BCUT2D eigenvalue weighted by atomic mass is 16.5. The highest BCUT2D eigenvalue weighted by Crippen LogP contribution is 2.33. The molecule has 3 aromatic rings. The van der Waals surface area contributed by atoms with E-state index in [0.29, 0.717) is 37.5 Å². The van der Waals surface area contributed by atoms with Crippen LogP contribution in [0.3, 0.4) is 0 Å². The molecule has 10 heteroatoms. The number of nitrogens with zero attached hydrogens (tertiary/aromatic N) is 2. The van der Waals surface area contributed by atoms with Crippen molar-refractivity contribution in [3.05, 3.63) is 79.9 Å². The van der Waals surface area contributed by atoms with E-state index in [1.165, 1.54) is 0 Å². The van der Waals surface area contributed by atoms with Gasteiger partial charge in [0, 0.05) is 49.1 Å². The Morgan fingerprint density at radius 2 is 1.91 bits per heavy atom. The highest BCUT2D eigenvalue weighted by Gasteiger charge is 2.37. The first-order valence-electron chi connectivity index (χ1n) is 15.6. The third-order valence-corrected chi connectivity index (χ3v) is 7.53. The molecule has 4 rings (SSSR count). The number of nitrogens with one attached hydrogen (secondary N) is 2. The Morgan fingerprint density at radius 3 is 2.54 bits per heavy atom. The number of hydrogen-bond donors (Lipinski definition) is 2. The third kappa shape index (κ3) is 10.9. The van der Waals surface area contributed by atoms with Gasteiger partial charge >= 0.3 is 6.03 Å². The van der Waals surface area contributed by atoms with Crippen LogP contribution in [-0.4, -0.2) is 74.3 Å². The van der Waals surface area contributed by atoms with Crippen LogP contribution in [0.1, 0.15) is 39.0 Å². The quantitative estimate of drug-likeness (QED) is 0.108. The number of carbonyl (C=O) groups is 3. The second kappa shape index (κ2) is 18.8. The van der Waals surface area contributed by atoms with Crippen LogP contribution in [0.25, 0.3) is 22.2 Å². The standard InChI is InChI=1S/C33H40N4O4.C3H6O2/c1-5-7-8-12-18-37(3)33(39)36-27(32(38)35-28-20-23(28)6-2)17-19-41-31-22-29(24-13-10-9-11-14-24)34-30-21-25(40-4)15-16-26(30)31;1-2-5-3-4/h5-6,9-11,13-16,21-23,27-28H,1-2,7-8,12,17-20H2,3-4H3,(H,35,38)(H,36,39);3H,2H2,1H3/t23-,27?,28?;/m1./s1. The van der Waals surface area contributed by atoms with Gasteiger partial charge in [-0.15, -0.1) is 13.2 Å². The van der Waals surface area contributed by atoms with Crippen LogP contribution in [0, 0.1) is 5.92 Å². The van der Waals surface area contributed by atoms with Gasteiger partial charge in [-0.1, -0.05) is 42.5 Å². The number of allylic oxidation sites excluding steroid dienone is 1. The van der Waals surface area contributed by atoms with Gasteiger partial charge in [0.1, 0.15) is 17.5 Å². The lowest BCUT2D eigenvalue weighted by atomic mass is 10.1. The van der Waals surface area contributed by atoms with E-state index < -0.39 is 6.04 Å². The molecule has 1 fully saturated rings. The maximum absolute atomic E-state index is 13.2. The predicted molar refractivity (Wildman–Crippen MR) is 181 cm³/mol. The first kappa shape index (κ1) is 35.6. The van der Waals surface area contributed by atoms with Crippen molar-refractivity contribution in [1.82, 2.24) is 20.5 Å². The molecule has 1 heterocycles. The Bertz CT molecular complexity index is 1450. The van der Waals surface area contributed by atoms with E-state index in [0.717, 1.165) is 47.8 Å². The molecule has 1 aromatic heterocycles. The van der Waals surface area contributed by atoms with Gasteiger partial charge in [0.05, 0.1) is 31.5 Å². The van der Waals surface area contributed by atoms with Gasteiger partial charge in [0.15, 0.2) is 0 Å². The zero-order valence-electron chi connectivity index (χ0n) is 27.1. The molecule has 246 valence electrons. The third-order valence-electron chi connectivity index (χ3n) is 7.53. The summed E-state index contributed by atoms with van der Waals surface area (Å²) in [5.74, 6) is 1.41. The number of benzene rings is 2. The molecule has 46 heavy (non-hydrogen) atoms. The number of fused-ring (bicyclic) bond motifs is 1. The van der Waals surface area contributed by atoms with Crippen molar-refractivity contribution in [3.63, 3.8) is 0 Å². The van der Waals surface area contributed by atoms with Gasteiger partial charge in [0.2, 0.25) is 5.91 Å². The topological polar surface area (TPSA) is 119 Å². The Morgan fingerprint density at radius 1 is 1.13 bits per heavy atom. The SMILES string of the molecule is C=CCCCCN(C)C(=O)NC(CCOc1cc(-c2ccccc2)nc2cc(OC)ccc12)C(=O)NC1C[C@H]1C=C.CCOC=O. The minimum absolute atomic E-state index is 0.0597. The van der Waals surface area contributed by atoms with Crippen molar-refractivity contribution in [3.8, 4) is 22.8 Å². The van der Waals surface area contributed by atoms with Crippen molar-refractivity contribution in [2.45, 2.75) is 51.1 Å². The van der Waals surface area contributed by atoms with Gasteiger partial charge in [-0.05, 0) is 50.7 Å². The van der Waals surface area contributed by atoms with Crippen molar-refractivity contribution in [2.24, 2.45) is 5.92 Å². The van der Waals surface area contributed by atoms with Crippen LogP contribution >= 0.6 is 0 Å². The largest absolute Gasteiger partial charge is 0.497 e. The van der Waals surface area contributed by atoms with Crippen LogP contribution in [0.2, 0.25) is 0 Å². The van der Waals surface area contributed by atoms with Gasteiger partial charge < -0.3 is 29.7 Å². The zero-order valence-corrected chi connectivity index (χ0v) is 27.1. The van der Waals surface area contributed by atoms with E-state index in [9.17, 15) is 14.4 Å². The smallest absolute Gasteiger partial charge is 0.317 e. The summed E-state index contributed by atoms with van der Waals surface area (Å²) in [5.41, 5.74) is 2.47. The van der Waals surface area contributed by atoms with Crippen molar-refractivity contribution < 1.29 is 28.6 Å². The summed E-state index contributed by atoms with van der Waals surface area (Å²) in [4.78, 5) is 41.8. The van der Waals surface area contributed by atoms with E-state index in [4.69, 9.17) is 14.5 Å². The number of carbonyl (C=O) groups excluding carboxylic acids is 3. The molecule has 0 bridgehead atoms. The lowest BCUT2D eigenvalue weighted by Crippen LogP contribution is -2.51. The van der Waals surface area contributed by atoms with E-state index >= 15 is 0 Å². The fraction of sp³-hybridized carbons (Fsp3) is 0.389. The molecule has 0 spiro atoms. The molecule has 2 N–H and O–H groups in total. The summed E-state index contributed by atoms with van der Waals surface area (Å²) >= 11 is 0. The number of methoxy groups -OCH3 is 1. The van der Waals surface area contributed by atoms with Gasteiger partial charge in [0.25, 0.3) is 6.47 Å². The Labute approximate surface area is 271 Å². The van der Waals surface area contributed by atoms with Crippen LogP contribution < -0.4 is 20.1 Å². The molecule has 1 saturated carbocycles. The molecule has 0 saturated heterocycles. The summed E-state index contributed by atoms with van der Waals surface area (Å²) in [7, 11) is 3.36. The van der Waals surface area contributed by atoms with Crippen LogP contribution in [0.5, 0.6) is 11.5 Å². The van der Waals surface area contributed by atoms with Crippen LogP contribution in [0.4, 0.5) is 4.79 Å². The second-order valence-corrected chi connectivity index (χ2v) is 10.9. The predicted octanol–water partition coefficient (Wildman–Crippen LogP) is 5.92. The number of urea groups is 1. The van der Waals surface area contributed by atoms with Crippen molar-refractivity contribution >= 4 is 29.3 Å². The number of hydrogen-bond acceptors (Lipinski definition) is 7. The average molecular weight is 631 g/mol. The molecular weight excluding hydrogens is 584 g/mol. The number of aromatic nitrogens is 1. The summed E-state index contributed by atoms with van der Waals surface area (Å²) in [5, 5.41) is 6.80. The molecule has 10 nitrogen and oxygen atoms in total. The summed E-state index contributed by atoms with van der Waals surface area (Å²) in [6.07, 6.45) is 7.63. The summed E-state index contributed by atoms with van der Waals surface area (Å²) in [6.45, 7) is 11.0. The number of pyridine rings is 1. The Kier molecular flexibility index (Phi) is 14.6. The number of rotatable bonds is 17. The summed E-state index contributed by atoms with van der Waals surface area (Å²) < 4.78 is 15.8. The molecule has 3 amide bonds.